The van der Waals surface area contributed by atoms with E-state index in [1.54, 1.807) is 6.08 Å². The summed E-state index contributed by atoms with van der Waals surface area (Å²) in [5, 5.41) is 0. The molecule has 1 rings (SSSR count). The number of hydrogen-bond acceptors (Lipinski definition) is 2. The van der Waals surface area contributed by atoms with E-state index in [1.807, 2.05) is 72.7 Å². The van der Waals surface area contributed by atoms with Crippen LogP contribution in [0.5, 0.6) is 0 Å². The van der Waals surface area contributed by atoms with Crippen LogP contribution in [-0.4, -0.2) is 11.6 Å². The van der Waals surface area contributed by atoms with Crippen molar-refractivity contribution < 1.29 is 9.59 Å². The van der Waals surface area contributed by atoms with Crippen molar-refractivity contribution in [3.05, 3.63) is 41.5 Å². The van der Waals surface area contributed by atoms with Gasteiger partial charge < -0.3 is 0 Å². The van der Waals surface area contributed by atoms with Crippen LogP contribution in [0.2, 0.25) is 0 Å². The maximum atomic E-state index is 12.4. The fraction of sp³-hybridized carbons (Fsp3) is 0.500. The average Bonchev–Trinajstić information content (AvgIpc) is 2.36. The minimum Gasteiger partial charge on any atom is -0.299 e. The summed E-state index contributed by atoms with van der Waals surface area (Å²) in [6.07, 6.45) is 1.93. The lowest BCUT2D eigenvalue weighted by molar-refractivity contribution is -0.125. The predicted octanol–water partition coefficient (Wildman–Crippen LogP) is 5.00. The average molecular weight is 300 g/mol. The Balaban J connectivity index is 3.22. The van der Waals surface area contributed by atoms with Crippen molar-refractivity contribution in [2.24, 2.45) is 10.8 Å². The highest BCUT2D eigenvalue weighted by atomic mass is 16.1. The predicted molar refractivity (Wildman–Crippen MR) is 92.7 cm³/mol. The number of hydrogen-bond donors (Lipinski definition) is 0. The summed E-state index contributed by atoms with van der Waals surface area (Å²) in [4.78, 5) is 24.8. The first-order valence-electron chi connectivity index (χ1n) is 7.76. The van der Waals surface area contributed by atoms with E-state index >= 15 is 0 Å². The quantitative estimate of drug-likeness (QED) is 0.733. The van der Waals surface area contributed by atoms with Crippen molar-refractivity contribution in [1.29, 1.82) is 0 Å². The van der Waals surface area contributed by atoms with Gasteiger partial charge in [0.1, 0.15) is 5.78 Å². The van der Waals surface area contributed by atoms with E-state index in [9.17, 15) is 9.59 Å². The molecule has 0 amide bonds. The number of carbonyl (C=O) groups is 2. The molecule has 0 N–H and O–H groups in total. The molecule has 0 saturated heterocycles. The van der Waals surface area contributed by atoms with Crippen LogP contribution in [0.15, 0.2) is 30.3 Å². The van der Waals surface area contributed by atoms with E-state index in [-0.39, 0.29) is 18.0 Å². The topological polar surface area (TPSA) is 34.1 Å². The maximum Gasteiger partial charge on any atom is 0.161 e. The fourth-order valence-corrected chi connectivity index (χ4v) is 1.82. The molecule has 0 aliphatic carbocycles. The van der Waals surface area contributed by atoms with Gasteiger partial charge in [0, 0.05) is 17.3 Å². The van der Waals surface area contributed by atoms with Crippen molar-refractivity contribution in [1.82, 2.24) is 0 Å². The molecule has 0 aromatic heterocycles. The Morgan fingerprint density at radius 2 is 1.41 bits per heavy atom. The molecule has 120 valence electrons. The number of rotatable bonds is 4. The van der Waals surface area contributed by atoms with E-state index in [0.717, 1.165) is 16.7 Å². The molecule has 0 saturated carbocycles. The van der Waals surface area contributed by atoms with Crippen molar-refractivity contribution >= 4 is 17.1 Å². The zero-order valence-corrected chi connectivity index (χ0v) is 14.9. The Hall–Kier alpha value is -1.70. The molecule has 0 atom stereocenters. The van der Waals surface area contributed by atoms with E-state index in [0.29, 0.717) is 0 Å². The normalized spacial score (nSPS) is 13.1. The van der Waals surface area contributed by atoms with E-state index in [2.05, 4.69) is 0 Å². The van der Waals surface area contributed by atoms with Crippen molar-refractivity contribution in [3.8, 4) is 0 Å². The molecular formula is C20H28O2. The molecule has 0 bridgehead atoms. The molecule has 1 aromatic carbocycles. The van der Waals surface area contributed by atoms with E-state index in [1.165, 1.54) is 0 Å². The van der Waals surface area contributed by atoms with Crippen LogP contribution < -0.4 is 0 Å². The molecule has 2 heteroatoms. The van der Waals surface area contributed by atoms with Gasteiger partial charge >= 0.3 is 0 Å². The Morgan fingerprint density at radius 1 is 0.909 bits per heavy atom. The summed E-state index contributed by atoms with van der Waals surface area (Å²) >= 11 is 0. The molecule has 0 heterocycles. The Bertz CT molecular complexity index is 576. The van der Waals surface area contributed by atoms with Crippen LogP contribution in [0.4, 0.5) is 0 Å². The van der Waals surface area contributed by atoms with Crippen LogP contribution in [0.25, 0.3) is 5.57 Å². The number of aryl methyl sites for hydroxylation is 1. The van der Waals surface area contributed by atoms with E-state index < -0.39 is 10.8 Å². The smallest absolute Gasteiger partial charge is 0.161 e. The monoisotopic (exact) mass is 300 g/mol. The lowest BCUT2D eigenvalue weighted by Gasteiger charge is -2.19. The van der Waals surface area contributed by atoms with Gasteiger partial charge in [-0.25, -0.2) is 0 Å². The molecule has 0 fully saturated rings. The molecule has 0 radical (unpaired) electrons. The third-order valence-corrected chi connectivity index (χ3v) is 3.65. The van der Waals surface area contributed by atoms with Crippen molar-refractivity contribution in [2.75, 3.05) is 0 Å². The zero-order chi connectivity index (χ0) is 17.1. The van der Waals surface area contributed by atoms with E-state index in [4.69, 9.17) is 0 Å². The Labute approximate surface area is 134 Å². The third-order valence-electron chi connectivity index (χ3n) is 3.65. The molecular weight excluding hydrogens is 272 g/mol. The largest absolute Gasteiger partial charge is 0.299 e. The summed E-state index contributed by atoms with van der Waals surface area (Å²) in [6.45, 7) is 13.4. The number of Topliss-reactive ketones (excluding diaryl/α,β-unsaturated/α-hetero) is 1. The van der Waals surface area contributed by atoms with Gasteiger partial charge in [-0.1, -0.05) is 71.4 Å². The number of ketones is 2. The molecule has 22 heavy (non-hydrogen) atoms. The first-order valence-corrected chi connectivity index (χ1v) is 7.76. The van der Waals surface area contributed by atoms with Gasteiger partial charge in [0.05, 0.1) is 0 Å². The van der Waals surface area contributed by atoms with Gasteiger partial charge in [0.25, 0.3) is 0 Å². The standard InChI is InChI=1S/C20H28O2/c1-14-8-10-15(11-9-14)16(12-17(21)19(2,3)4)13-18(22)20(5,6)7/h8-12H,13H2,1-7H3/b16-12-. The first kappa shape index (κ1) is 18.3. The molecule has 0 unspecified atom stereocenters. The Kier molecular flexibility index (Phi) is 5.50. The van der Waals surface area contributed by atoms with Gasteiger partial charge in [0.2, 0.25) is 0 Å². The molecule has 0 aliphatic heterocycles. The molecule has 0 spiro atoms. The second kappa shape index (κ2) is 6.60. The van der Waals surface area contributed by atoms with Crippen LogP contribution in [0, 0.1) is 17.8 Å². The van der Waals surface area contributed by atoms with Gasteiger partial charge in [-0.2, -0.15) is 0 Å². The maximum absolute atomic E-state index is 12.4. The molecule has 2 nitrogen and oxygen atoms in total. The SMILES string of the molecule is Cc1ccc(/C(=C\C(=O)C(C)(C)C)CC(=O)C(C)(C)C)cc1. The second-order valence-corrected chi connectivity index (χ2v) is 8.00. The van der Waals surface area contributed by atoms with Crippen LogP contribution in [0.1, 0.15) is 59.1 Å². The fourth-order valence-electron chi connectivity index (χ4n) is 1.82. The number of benzene rings is 1. The molecule has 0 aliphatic rings. The molecule has 1 aromatic rings. The number of carbonyl (C=O) groups excluding carboxylic acids is 2. The minimum absolute atomic E-state index is 0.0461. The summed E-state index contributed by atoms with van der Waals surface area (Å²) in [6, 6.07) is 7.97. The highest BCUT2D eigenvalue weighted by Crippen LogP contribution is 2.27. The lowest BCUT2D eigenvalue weighted by atomic mass is 9.83. The summed E-state index contributed by atoms with van der Waals surface area (Å²) < 4.78 is 0. The lowest BCUT2D eigenvalue weighted by Crippen LogP contribution is -2.21. The van der Waals surface area contributed by atoms with Gasteiger partial charge in [-0.3, -0.25) is 9.59 Å². The summed E-state index contributed by atoms with van der Waals surface area (Å²) in [5.41, 5.74) is 2.06. The zero-order valence-electron chi connectivity index (χ0n) is 14.9. The summed E-state index contributed by atoms with van der Waals surface area (Å²) in [7, 11) is 0. The highest BCUT2D eigenvalue weighted by molar-refractivity contribution is 6.03. The van der Waals surface area contributed by atoms with Gasteiger partial charge in [0.15, 0.2) is 5.78 Å². The van der Waals surface area contributed by atoms with Crippen molar-refractivity contribution in [2.45, 2.75) is 54.9 Å². The van der Waals surface area contributed by atoms with Crippen LogP contribution >= 0.6 is 0 Å². The number of allylic oxidation sites excluding steroid dienone is 2. The Morgan fingerprint density at radius 3 is 1.82 bits per heavy atom. The second-order valence-electron chi connectivity index (χ2n) is 8.00. The van der Waals surface area contributed by atoms with Crippen molar-refractivity contribution in [3.63, 3.8) is 0 Å². The first-order chi connectivity index (χ1) is 9.91. The summed E-state index contributed by atoms with van der Waals surface area (Å²) in [5.74, 6) is 0.186. The van der Waals surface area contributed by atoms with Gasteiger partial charge in [-0.15, -0.1) is 0 Å². The highest BCUT2D eigenvalue weighted by Gasteiger charge is 2.25. The minimum atomic E-state index is -0.444. The van der Waals surface area contributed by atoms with Crippen LogP contribution in [-0.2, 0) is 9.59 Å². The van der Waals surface area contributed by atoms with Gasteiger partial charge in [-0.05, 0) is 24.1 Å². The third kappa shape index (κ3) is 5.25. The van der Waals surface area contributed by atoms with Crippen LogP contribution in [0.3, 0.4) is 0 Å².